The number of aliphatic hydroxyl groups excluding tert-OH is 2. The van der Waals surface area contributed by atoms with E-state index in [1.807, 2.05) is 6.08 Å². The van der Waals surface area contributed by atoms with Crippen molar-refractivity contribution in [1.82, 2.24) is 0 Å². The minimum absolute atomic E-state index is 0.152. The van der Waals surface area contributed by atoms with Crippen LogP contribution < -0.4 is 21.5 Å². The van der Waals surface area contributed by atoms with Gasteiger partial charge in [-0.1, -0.05) is 44.8 Å². The summed E-state index contributed by atoms with van der Waals surface area (Å²) in [6.07, 6.45) is 9.43. The van der Waals surface area contributed by atoms with E-state index in [0.29, 0.717) is 6.54 Å². The van der Waals surface area contributed by atoms with Crippen molar-refractivity contribution >= 4 is 11.4 Å². The van der Waals surface area contributed by atoms with Gasteiger partial charge in [-0.3, -0.25) is 9.59 Å². The summed E-state index contributed by atoms with van der Waals surface area (Å²) < 4.78 is 5.00. The maximum absolute atomic E-state index is 11.8. The minimum Gasteiger partial charge on any atom is -0.394 e. The molecular formula is C20H34N2O5. The molecule has 0 unspecified atom stereocenters. The van der Waals surface area contributed by atoms with Crippen LogP contribution in [-0.4, -0.2) is 49.2 Å². The Hall–Kier alpha value is -1.70. The third kappa shape index (κ3) is 7.82. The summed E-state index contributed by atoms with van der Waals surface area (Å²) in [5.41, 5.74) is -0.767. The van der Waals surface area contributed by atoms with E-state index in [-0.39, 0.29) is 18.0 Å². The highest BCUT2D eigenvalue weighted by molar-refractivity contribution is 5.74. The summed E-state index contributed by atoms with van der Waals surface area (Å²) in [7, 11) is 1.68. The van der Waals surface area contributed by atoms with Gasteiger partial charge in [0.05, 0.1) is 18.8 Å². The van der Waals surface area contributed by atoms with Gasteiger partial charge in [0.2, 0.25) is 0 Å². The van der Waals surface area contributed by atoms with Crippen molar-refractivity contribution in [2.24, 2.45) is 0 Å². The summed E-state index contributed by atoms with van der Waals surface area (Å²) in [4.78, 5) is 23.6. The Kier molecular flexibility index (Phi) is 11.6. The molecule has 0 aliphatic carbocycles. The highest BCUT2D eigenvalue weighted by atomic mass is 16.5. The number of rotatable bonds is 16. The summed E-state index contributed by atoms with van der Waals surface area (Å²) >= 11 is 0. The first-order valence-electron chi connectivity index (χ1n) is 9.85. The van der Waals surface area contributed by atoms with Gasteiger partial charge in [0.25, 0.3) is 10.9 Å². The largest absolute Gasteiger partial charge is 0.394 e. The lowest BCUT2D eigenvalue weighted by molar-refractivity contribution is 0.153. The summed E-state index contributed by atoms with van der Waals surface area (Å²) in [5.74, 6) is 0. The minimum atomic E-state index is -0.940. The zero-order valence-corrected chi connectivity index (χ0v) is 16.5. The lowest BCUT2D eigenvalue weighted by atomic mass is 10.1. The molecule has 7 heteroatoms. The quantitative estimate of drug-likeness (QED) is 0.196. The molecule has 0 bridgehead atoms. The summed E-state index contributed by atoms with van der Waals surface area (Å²) in [6, 6.07) is -0.735. The van der Waals surface area contributed by atoms with Crippen molar-refractivity contribution in [2.75, 3.05) is 37.5 Å². The van der Waals surface area contributed by atoms with Crippen LogP contribution in [0.25, 0.3) is 0 Å². The maximum Gasteiger partial charge on any atom is 0.253 e. The topological polar surface area (TPSA) is 108 Å². The molecule has 154 valence electrons. The van der Waals surface area contributed by atoms with Crippen LogP contribution in [0.2, 0.25) is 0 Å². The van der Waals surface area contributed by atoms with Crippen molar-refractivity contribution in [3.8, 4) is 0 Å². The van der Waals surface area contributed by atoms with Gasteiger partial charge in [-0.05, 0) is 19.3 Å². The SMILES string of the molecule is CCCC/C=C/[C@@H](O)[C@H](CO)Nc1c(NCCCCCCOC)c(=O)c1=O. The molecule has 0 saturated heterocycles. The first-order chi connectivity index (χ1) is 13.1. The first kappa shape index (κ1) is 23.3. The Labute approximate surface area is 161 Å². The second kappa shape index (κ2) is 13.5. The fourth-order valence-electron chi connectivity index (χ4n) is 2.75. The van der Waals surface area contributed by atoms with Gasteiger partial charge in [0, 0.05) is 20.3 Å². The molecule has 27 heavy (non-hydrogen) atoms. The Morgan fingerprint density at radius 3 is 2.44 bits per heavy atom. The van der Waals surface area contributed by atoms with Crippen molar-refractivity contribution in [3.63, 3.8) is 0 Å². The molecule has 0 amide bonds. The standard InChI is InChI=1S/C20H34N2O5/c1-3-4-5-8-11-16(24)15(14-23)22-18-17(19(25)20(18)26)21-12-9-6-7-10-13-27-2/h8,11,15-16,21-24H,3-7,9-10,12-14H2,1-2H3/b11-8+/t15-,16+/m0/s1. The van der Waals surface area contributed by atoms with Gasteiger partial charge < -0.3 is 25.6 Å². The fourth-order valence-corrected chi connectivity index (χ4v) is 2.75. The lowest BCUT2D eigenvalue weighted by Gasteiger charge is -2.23. The van der Waals surface area contributed by atoms with Crippen LogP contribution in [0.4, 0.5) is 11.4 Å². The van der Waals surface area contributed by atoms with Crippen LogP contribution in [0, 0.1) is 0 Å². The van der Waals surface area contributed by atoms with Gasteiger partial charge in [-0.25, -0.2) is 0 Å². The molecule has 0 spiro atoms. The van der Waals surface area contributed by atoms with Crippen LogP contribution >= 0.6 is 0 Å². The number of unbranched alkanes of at least 4 members (excludes halogenated alkanes) is 5. The molecule has 0 aromatic heterocycles. The zero-order chi connectivity index (χ0) is 20.1. The second-order valence-electron chi connectivity index (χ2n) is 6.74. The smallest absolute Gasteiger partial charge is 0.253 e. The van der Waals surface area contributed by atoms with Gasteiger partial charge in [0.15, 0.2) is 0 Å². The molecule has 1 aromatic carbocycles. The molecule has 4 N–H and O–H groups in total. The molecule has 0 fully saturated rings. The van der Waals surface area contributed by atoms with Crippen LogP contribution in [0.5, 0.6) is 0 Å². The van der Waals surface area contributed by atoms with Crippen molar-refractivity contribution < 1.29 is 14.9 Å². The monoisotopic (exact) mass is 382 g/mol. The van der Waals surface area contributed by atoms with Gasteiger partial charge in [0.1, 0.15) is 11.4 Å². The van der Waals surface area contributed by atoms with Crippen LogP contribution in [-0.2, 0) is 4.74 Å². The Bertz CT molecular complexity index is 622. The van der Waals surface area contributed by atoms with Gasteiger partial charge >= 0.3 is 0 Å². The molecule has 2 atom stereocenters. The number of hydrogen-bond acceptors (Lipinski definition) is 7. The highest BCUT2D eigenvalue weighted by Gasteiger charge is 2.25. The Morgan fingerprint density at radius 1 is 1.07 bits per heavy atom. The van der Waals surface area contributed by atoms with E-state index in [1.165, 1.54) is 0 Å². The van der Waals surface area contributed by atoms with Gasteiger partial charge in [-0.2, -0.15) is 0 Å². The number of nitrogens with one attached hydrogen (secondary N) is 2. The number of allylic oxidation sites excluding steroid dienone is 1. The average molecular weight is 383 g/mol. The van der Waals surface area contributed by atoms with Crippen LogP contribution in [0.15, 0.2) is 21.7 Å². The van der Waals surface area contributed by atoms with Crippen molar-refractivity contribution in [3.05, 3.63) is 32.6 Å². The van der Waals surface area contributed by atoms with Crippen molar-refractivity contribution in [2.45, 2.75) is 64.0 Å². The van der Waals surface area contributed by atoms with E-state index >= 15 is 0 Å². The maximum atomic E-state index is 11.8. The molecule has 0 saturated carbocycles. The Balaban J connectivity index is 2.52. The third-order valence-corrected chi connectivity index (χ3v) is 4.48. The summed E-state index contributed by atoms with van der Waals surface area (Å²) in [6.45, 7) is 3.08. The molecule has 1 aromatic rings. The average Bonchev–Trinajstić information content (AvgIpc) is 2.68. The third-order valence-electron chi connectivity index (χ3n) is 4.48. The molecular weight excluding hydrogens is 348 g/mol. The van der Waals surface area contributed by atoms with Crippen LogP contribution in [0.3, 0.4) is 0 Å². The number of methoxy groups -OCH3 is 1. The predicted octanol–water partition coefficient (Wildman–Crippen LogP) is 1.78. The molecule has 0 aliphatic rings. The van der Waals surface area contributed by atoms with Crippen molar-refractivity contribution in [1.29, 1.82) is 0 Å². The molecule has 0 radical (unpaired) electrons. The normalized spacial score (nSPS) is 13.9. The molecule has 7 nitrogen and oxygen atoms in total. The second-order valence-corrected chi connectivity index (χ2v) is 6.74. The van der Waals surface area contributed by atoms with Gasteiger partial charge in [-0.15, -0.1) is 0 Å². The van der Waals surface area contributed by atoms with E-state index in [2.05, 4.69) is 17.6 Å². The van der Waals surface area contributed by atoms with E-state index in [0.717, 1.165) is 51.6 Å². The van der Waals surface area contributed by atoms with E-state index < -0.39 is 23.0 Å². The highest BCUT2D eigenvalue weighted by Crippen LogP contribution is 2.17. The molecule has 0 heterocycles. The fraction of sp³-hybridized carbons (Fsp3) is 0.700. The Morgan fingerprint density at radius 2 is 1.78 bits per heavy atom. The summed E-state index contributed by atoms with van der Waals surface area (Å²) in [5, 5.41) is 25.5. The number of ether oxygens (including phenoxy) is 1. The van der Waals surface area contributed by atoms with E-state index in [4.69, 9.17) is 4.74 Å². The zero-order valence-electron chi connectivity index (χ0n) is 16.5. The molecule has 0 aliphatic heterocycles. The number of aliphatic hydroxyl groups is 2. The van der Waals surface area contributed by atoms with E-state index in [9.17, 15) is 19.8 Å². The predicted molar refractivity (Wildman–Crippen MR) is 109 cm³/mol. The molecule has 1 rings (SSSR count). The lowest BCUT2D eigenvalue weighted by Crippen LogP contribution is -2.44. The van der Waals surface area contributed by atoms with E-state index in [1.54, 1.807) is 13.2 Å². The number of hydrogen-bond donors (Lipinski definition) is 4. The number of anilines is 2. The van der Waals surface area contributed by atoms with Crippen LogP contribution in [0.1, 0.15) is 51.9 Å². The first-order valence-corrected chi connectivity index (χ1v) is 9.85.